The lowest BCUT2D eigenvalue weighted by Gasteiger charge is -2.27. The summed E-state index contributed by atoms with van der Waals surface area (Å²) in [5, 5.41) is 18.0. The third-order valence-corrected chi connectivity index (χ3v) is 6.00. The van der Waals surface area contributed by atoms with Crippen LogP contribution in [0.1, 0.15) is 36.9 Å². The molecule has 0 saturated carbocycles. The van der Waals surface area contributed by atoms with E-state index in [-0.39, 0.29) is 22.5 Å². The summed E-state index contributed by atoms with van der Waals surface area (Å²) in [7, 11) is 0. The van der Waals surface area contributed by atoms with Crippen molar-refractivity contribution in [3.05, 3.63) is 120 Å². The van der Waals surface area contributed by atoms with Crippen molar-refractivity contribution in [2.75, 3.05) is 6.61 Å². The molecule has 0 unspecified atom stereocenters. The maximum Gasteiger partial charge on any atom is 0.338 e. The lowest BCUT2D eigenvalue weighted by atomic mass is 10.0. The number of benzene rings is 3. The van der Waals surface area contributed by atoms with Crippen LogP contribution < -0.4 is 0 Å². The molecule has 1 aliphatic heterocycles. The number of carbonyl (C=O) groups is 3. The fraction of sp³-hybridized carbons (Fsp3) is 0.179. The minimum Gasteiger partial charge on any atom is -0.459 e. The van der Waals surface area contributed by atoms with Crippen molar-refractivity contribution in [3.63, 3.8) is 0 Å². The predicted octanol–water partition coefficient (Wildman–Crippen LogP) is 2.66. The second-order valence-corrected chi connectivity index (χ2v) is 8.57. The summed E-state index contributed by atoms with van der Waals surface area (Å²) in [5.41, 5.74) is 0.672. The first-order chi connectivity index (χ1) is 19.0. The molecular formula is C28H23N3O8. The largest absolute Gasteiger partial charge is 0.459 e. The van der Waals surface area contributed by atoms with Crippen LogP contribution in [0.5, 0.6) is 0 Å². The molecule has 0 spiro atoms. The van der Waals surface area contributed by atoms with Crippen molar-refractivity contribution in [3.8, 4) is 0 Å². The first-order valence-corrected chi connectivity index (χ1v) is 12.0. The fourth-order valence-corrected chi connectivity index (χ4v) is 4.10. The normalized spacial score (nSPS) is 22.1. The van der Waals surface area contributed by atoms with Crippen molar-refractivity contribution in [1.82, 2.24) is 15.2 Å². The van der Waals surface area contributed by atoms with Gasteiger partial charge in [0.05, 0.1) is 16.7 Å². The van der Waals surface area contributed by atoms with Gasteiger partial charge in [-0.1, -0.05) is 54.6 Å². The molecule has 4 atom stereocenters. The zero-order valence-electron chi connectivity index (χ0n) is 20.4. The van der Waals surface area contributed by atoms with E-state index in [0.717, 1.165) is 0 Å². The maximum atomic E-state index is 13.1. The summed E-state index contributed by atoms with van der Waals surface area (Å²) >= 11 is 0. The summed E-state index contributed by atoms with van der Waals surface area (Å²) < 4.78 is 22.7. The molecule has 1 saturated heterocycles. The van der Waals surface area contributed by atoms with E-state index < -0.39 is 48.6 Å². The fourth-order valence-electron chi connectivity index (χ4n) is 4.10. The first-order valence-electron chi connectivity index (χ1n) is 12.0. The Kier molecular flexibility index (Phi) is 7.43. The van der Waals surface area contributed by atoms with Gasteiger partial charge in [-0.15, -0.1) is 0 Å². The van der Waals surface area contributed by atoms with E-state index in [9.17, 15) is 19.5 Å². The molecule has 2 N–H and O–H groups in total. The average molecular weight is 530 g/mol. The monoisotopic (exact) mass is 529 g/mol. The van der Waals surface area contributed by atoms with Crippen LogP contribution in [-0.2, 0) is 24.7 Å². The molecule has 1 fully saturated rings. The SMILES string of the molecule is O=C(OC[C@H]1O[C@](O)(c2nc[nH]n2)[C@H](OC(=O)c2ccccc2)[C@@H]1OC(=O)c1ccccc1)c1ccccc1. The Labute approximate surface area is 222 Å². The minimum absolute atomic E-state index is 0.182. The number of aliphatic hydroxyl groups is 1. The van der Waals surface area contributed by atoms with E-state index in [1.165, 1.54) is 30.6 Å². The van der Waals surface area contributed by atoms with Gasteiger partial charge < -0.3 is 24.1 Å². The molecule has 1 aromatic heterocycles. The molecule has 0 amide bonds. The van der Waals surface area contributed by atoms with Crippen LogP contribution in [-0.4, -0.2) is 63.1 Å². The van der Waals surface area contributed by atoms with Crippen LogP contribution in [0.2, 0.25) is 0 Å². The van der Waals surface area contributed by atoms with E-state index in [2.05, 4.69) is 15.2 Å². The predicted molar refractivity (Wildman–Crippen MR) is 133 cm³/mol. The van der Waals surface area contributed by atoms with Gasteiger partial charge in [0, 0.05) is 0 Å². The lowest BCUT2D eigenvalue weighted by Crippen LogP contribution is -2.46. The van der Waals surface area contributed by atoms with Crippen LogP contribution >= 0.6 is 0 Å². The number of nitrogens with zero attached hydrogens (tertiary/aromatic N) is 2. The van der Waals surface area contributed by atoms with Crippen molar-refractivity contribution in [1.29, 1.82) is 0 Å². The topological polar surface area (TPSA) is 150 Å². The van der Waals surface area contributed by atoms with Gasteiger partial charge in [0.15, 0.2) is 6.10 Å². The molecule has 1 aliphatic rings. The van der Waals surface area contributed by atoms with Crippen molar-refractivity contribution < 1.29 is 38.4 Å². The number of aromatic nitrogens is 3. The van der Waals surface area contributed by atoms with E-state index in [1.54, 1.807) is 66.7 Å². The standard InChI is InChI=1S/C28H23N3O8/c32-24(18-10-4-1-5-11-18)36-16-21-22(37-25(33)19-12-6-2-7-13-19)23(28(35,39-21)27-29-17-30-31-27)38-26(34)20-14-8-3-9-15-20/h1-15,17,21-23,35H,16H2,(H,29,30,31)/t21-,22-,23-,28+/m1/s1. The zero-order chi connectivity index (χ0) is 27.2. The number of nitrogens with one attached hydrogen (secondary N) is 1. The van der Waals surface area contributed by atoms with Gasteiger partial charge in [-0.3, -0.25) is 5.10 Å². The maximum absolute atomic E-state index is 13.1. The van der Waals surface area contributed by atoms with Gasteiger partial charge >= 0.3 is 17.9 Å². The average Bonchev–Trinajstić information content (AvgIpc) is 3.62. The van der Waals surface area contributed by atoms with Gasteiger partial charge in [-0.2, -0.15) is 5.10 Å². The molecule has 11 nitrogen and oxygen atoms in total. The van der Waals surface area contributed by atoms with E-state index >= 15 is 0 Å². The van der Waals surface area contributed by atoms with Crippen molar-refractivity contribution in [2.24, 2.45) is 0 Å². The van der Waals surface area contributed by atoms with Crippen LogP contribution in [0, 0.1) is 0 Å². The quantitative estimate of drug-likeness (QED) is 0.258. The summed E-state index contributed by atoms with van der Waals surface area (Å²) in [6, 6.07) is 24.4. The highest BCUT2D eigenvalue weighted by atomic mass is 16.7. The number of esters is 3. The third kappa shape index (κ3) is 5.54. The van der Waals surface area contributed by atoms with Crippen LogP contribution in [0.3, 0.4) is 0 Å². The molecule has 11 heteroatoms. The smallest absolute Gasteiger partial charge is 0.338 e. The summed E-state index contributed by atoms with van der Waals surface area (Å²) in [5.74, 6) is -4.98. The highest BCUT2D eigenvalue weighted by Crippen LogP contribution is 2.40. The van der Waals surface area contributed by atoms with Gasteiger partial charge in [-0.25, -0.2) is 19.4 Å². The molecular weight excluding hydrogens is 506 g/mol. The minimum atomic E-state index is -2.45. The number of carbonyl (C=O) groups excluding carboxylic acids is 3. The Balaban J connectivity index is 1.47. The van der Waals surface area contributed by atoms with Gasteiger partial charge in [0.1, 0.15) is 19.0 Å². The molecule has 5 rings (SSSR count). The molecule has 39 heavy (non-hydrogen) atoms. The van der Waals surface area contributed by atoms with E-state index in [4.69, 9.17) is 18.9 Å². The number of hydrogen-bond donors (Lipinski definition) is 2. The highest BCUT2D eigenvalue weighted by molar-refractivity contribution is 5.91. The molecule has 198 valence electrons. The van der Waals surface area contributed by atoms with Gasteiger partial charge in [0.25, 0.3) is 5.79 Å². The summed E-state index contributed by atoms with van der Waals surface area (Å²) in [6.07, 6.45) is -3.12. The van der Waals surface area contributed by atoms with Crippen molar-refractivity contribution >= 4 is 17.9 Å². The Bertz CT molecular complexity index is 1420. The number of rotatable bonds is 8. The Morgan fingerprint density at radius 2 is 1.31 bits per heavy atom. The molecule has 3 aromatic carbocycles. The zero-order valence-corrected chi connectivity index (χ0v) is 20.4. The number of hydrogen-bond acceptors (Lipinski definition) is 10. The van der Waals surface area contributed by atoms with Crippen LogP contribution in [0.4, 0.5) is 0 Å². The Morgan fingerprint density at radius 1 is 0.795 bits per heavy atom. The number of aromatic amines is 1. The molecule has 0 bridgehead atoms. The first kappa shape index (κ1) is 25.8. The third-order valence-electron chi connectivity index (χ3n) is 6.00. The molecule has 0 aliphatic carbocycles. The molecule has 2 heterocycles. The van der Waals surface area contributed by atoms with Crippen molar-refractivity contribution in [2.45, 2.75) is 24.1 Å². The second kappa shape index (κ2) is 11.3. The molecule has 4 aromatic rings. The summed E-state index contributed by atoms with van der Waals surface area (Å²) in [4.78, 5) is 42.7. The van der Waals surface area contributed by atoms with Crippen LogP contribution in [0.25, 0.3) is 0 Å². The Hall–Kier alpha value is -4.87. The Morgan fingerprint density at radius 3 is 1.82 bits per heavy atom. The van der Waals surface area contributed by atoms with E-state index in [0.29, 0.717) is 0 Å². The van der Waals surface area contributed by atoms with E-state index in [1.807, 2.05) is 0 Å². The lowest BCUT2D eigenvalue weighted by molar-refractivity contribution is -0.244. The number of H-pyrrole nitrogens is 1. The highest BCUT2D eigenvalue weighted by Gasteiger charge is 2.62. The van der Waals surface area contributed by atoms with Crippen LogP contribution in [0.15, 0.2) is 97.3 Å². The number of ether oxygens (including phenoxy) is 4. The van der Waals surface area contributed by atoms with Gasteiger partial charge in [0.2, 0.25) is 11.9 Å². The second-order valence-electron chi connectivity index (χ2n) is 8.57. The molecule has 0 radical (unpaired) electrons. The van der Waals surface area contributed by atoms with Gasteiger partial charge in [-0.05, 0) is 36.4 Å². The summed E-state index contributed by atoms with van der Waals surface area (Å²) in [6.45, 7) is -0.452.